The molecular weight excluding hydrogens is 224 g/mol. The molecule has 0 saturated heterocycles. The number of urea groups is 1. The van der Waals surface area contributed by atoms with Crippen LogP contribution in [-0.4, -0.2) is 6.03 Å². The highest BCUT2D eigenvalue weighted by molar-refractivity contribution is 5.98. The maximum Gasteiger partial charge on any atom is 0.309 e. The molecule has 0 radical (unpaired) electrons. The molecule has 0 spiro atoms. The van der Waals surface area contributed by atoms with Crippen LogP contribution in [0, 0.1) is 0 Å². The topological polar surface area (TPSA) is 69.1 Å². The van der Waals surface area contributed by atoms with Crippen molar-refractivity contribution < 1.29 is 4.79 Å². The first kappa shape index (κ1) is 11.9. The maximum atomic E-state index is 9.00. The number of nitrogens with two attached hydrogens (primary N) is 2. The molecule has 0 bridgehead atoms. The van der Waals surface area contributed by atoms with E-state index in [1.807, 2.05) is 0 Å². The molecule has 18 heavy (non-hydrogen) atoms. The fourth-order valence-electron chi connectivity index (χ4n) is 1.88. The van der Waals surface area contributed by atoms with Gasteiger partial charge in [0.2, 0.25) is 0 Å². The van der Waals surface area contributed by atoms with Crippen molar-refractivity contribution in [2.45, 2.75) is 0 Å². The van der Waals surface area contributed by atoms with Crippen molar-refractivity contribution in [2.75, 3.05) is 0 Å². The van der Waals surface area contributed by atoms with E-state index in [0.717, 1.165) is 0 Å². The van der Waals surface area contributed by atoms with Crippen molar-refractivity contribution in [3.63, 3.8) is 0 Å². The molecule has 3 rings (SSSR count). The second-order valence-electron chi connectivity index (χ2n) is 3.95. The number of carbonyl (C=O) groups is 1. The van der Waals surface area contributed by atoms with E-state index in [-0.39, 0.29) is 0 Å². The van der Waals surface area contributed by atoms with Gasteiger partial charge in [0.25, 0.3) is 0 Å². The lowest BCUT2D eigenvalue weighted by molar-refractivity contribution is 0.256. The standard InChI is InChI=1S/C14H10.CH4N2O/c1-2-6-12-10-14-8-4-3-7-13(14)9-11(12)5-1;2-1(3)4/h1-10H;(H4,2,3,4). The van der Waals surface area contributed by atoms with Gasteiger partial charge in [-0.05, 0) is 33.7 Å². The van der Waals surface area contributed by atoms with Gasteiger partial charge in [-0.2, -0.15) is 0 Å². The zero-order chi connectivity index (χ0) is 13.0. The lowest BCUT2D eigenvalue weighted by Crippen LogP contribution is -2.18. The second kappa shape index (κ2) is 5.19. The van der Waals surface area contributed by atoms with E-state index in [1.54, 1.807) is 0 Å². The summed E-state index contributed by atoms with van der Waals surface area (Å²) in [7, 11) is 0. The number of primary amides is 2. The van der Waals surface area contributed by atoms with Crippen LogP contribution < -0.4 is 11.5 Å². The molecule has 3 aromatic rings. The van der Waals surface area contributed by atoms with Crippen molar-refractivity contribution in [2.24, 2.45) is 11.5 Å². The number of amides is 2. The summed E-state index contributed by atoms with van der Waals surface area (Å²) in [6.07, 6.45) is 0. The second-order valence-corrected chi connectivity index (χ2v) is 3.95. The fourth-order valence-corrected chi connectivity index (χ4v) is 1.88. The summed E-state index contributed by atoms with van der Waals surface area (Å²) in [6, 6.07) is 20.6. The van der Waals surface area contributed by atoms with E-state index < -0.39 is 6.03 Å². The molecule has 90 valence electrons. The van der Waals surface area contributed by atoms with Gasteiger partial charge >= 0.3 is 6.03 Å². The summed E-state index contributed by atoms with van der Waals surface area (Å²) < 4.78 is 0. The Balaban J connectivity index is 0.000000267. The Labute approximate surface area is 105 Å². The van der Waals surface area contributed by atoms with Gasteiger partial charge in [0.05, 0.1) is 0 Å². The minimum Gasteiger partial charge on any atom is -0.352 e. The van der Waals surface area contributed by atoms with Gasteiger partial charge in [-0.15, -0.1) is 0 Å². The Morgan fingerprint density at radius 2 is 0.889 bits per heavy atom. The van der Waals surface area contributed by atoms with Crippen molar-refractivity contribution in [1.29, 1.82) is 0 Å². The third-order valence-electron chi connectivity index (χ3n) is 2.61. The van der Waals surface area contributed by atoms with Gasteiger partial charge < -0.3 is 11.5 Å². The van der Waals surface area contributed by atoms with E-state index >= 15 is 0 Å². The average molecular weight is 238 g/mol. The van der Waals surface area contributed by atoms with Crippen LogP contribution in [0.3, 0.4) is 0 Å². The summed E-state index contributed by atoms with van der Waals surface area (Å²) in [4.78, 5) is 9.00. The highest BCUT2D eigenvalue weighted by Crippen LogP contribution is 2.21. The predicted octanol–water partition coefficient (Wildman–Crippen LogP) is 3.02. The van der Waals surface area contributed by atoms with E-state index in [4.69, 9.17) is 4.79 Å². The number of hydrogen-bond donors (Lipinski definition) is 2. The molecule has 0 atom stereocenters. The van der Waals surface area contributed by atoms with Crippen molar-refractivity contribution >= 4 is 27.6 Å². The van der Waals surface area contributed by atoms with Crippen LogP contribution in [0.25, 0.3) is 21.5 Å². The molecule has 0 saturated carbocycles. The predicted molar refractivity (Wildman–Crippen MR) is 75.2 cm³/mol. The molecule has 0 heterocycles. The molecule has 0 fully saturated rings. The lowest BCUT2D eigenvalue weighted by atomic mass is 10.0. The van der Waals surface area contributed by atoms with E-state index in [0.29, 0.717) is 0 Å². The average Bonchev–Trinajstić information content (AvgIpc) is 2.35. The van der Waals surface area contributed by atoms with Crippen LogP contribution in [0.5, 0.6) is 0 Å². The third kappa shape index (κ3) is 2.77. The normalized spacial score (nSPS) is 9.78. The number of carbonyl (C=O) groups excluding carboxylic acids is 1. The molecule has 0 aromatic heterocycles. The van der Waals surface area contributed by atoms with Crippen molar-refractivity contribution in [3.05, 3.63) is 60.7 Å². The SMILES string of the molecule is NC(N)=O.c1ccc2cc3ccccc3cc2c1. The Morgan fingerprint density at radius 1 is 0.667 bits per heavy atom. The third-order valence-corrected chi connectivity index (χ3v) is 2.61. The molecule has 0 unspecified atom stereocenters. The molecule has 2 amide bonds. The van der Waals surface area contributed by atoms with Gasteiger partial charge in [0, 0.05) is 0 Å². The van der Waals surface area contributed by atoms with E-state index in [1.165, 1.54) is 21.5 Å². The highest BCUT2D eigenvalue weighted by Gasteiger charge is 1.95. The van der Waals surface area contributed by atoms with Crippen LogP contribution >= 0.6 is 0 Å². The first-order valence-electron chi connectivity index (χ1n) is 5.59. The van der Waals surface area contributed by atoms with E-state index in [2.05, 4.69) is 72.1 Å². The quantitative estimate of drug-likeness (QED) is 0.581. The molecule has 0 aliphatic carbocycles. The zero-order valence-corrected chi connectivity index (χ0v) is 9.84. The smallest absolute Gasteiger partial charge is 0.309 e. The number of hydrogen-bond acceptors (Lipinski definition) is 1. The summed E-state index contributed by atoms with van der Waals surface area (Å²) in [5.41, 5.74) is 8.50. The lowest BCUT2D eigenvalue weighted by Gasteiger charge is -2.00. The van der Waals surface area contributed by atoms with Gasteiger partial charge in [-0.25, -0.2) is 4.79 Å². The monoisotopic (exact) mass is 238 g/mol. The molecule has 3 aromatic carbocycles. The van der Waals surface area contributed by atoms with Crippen LogP contribution in [-0.2, 0) is 0 Å². The molecule has 3 nitrogen and oxygen atoms in total. The number of benzene rings is 3. The number of rotatable bonds is 0. The molecule has 0 aliphatic heterocycles. The maximum absolute atomic E-state index is 9.00. The van der Waals surface area contributed by atoms with E-state index in [9.17, 15) is 0 Å². The highest BCUT2D eigenvalue weighted by atomic mass is 16.2. The van der Waals surface area contributed by atoms with Crippen molar-refractivity contribution in [3.8, 4) is 0 Å². The Kier molecular flexibility index (Phi) is 3.44. The molecular formula is C15H14N2O. The Bertz CT molecular complexity index is 583. The molecule has 3 heteroatoms. The zero-order valence-electron chi connectivity index (χ0n) is 9.84. The fraction of sp³-hybridized carbons (Fsp3) is 0. The van der Waals surface area contributed by atoms with Crippen LogP contribution in [0.4, 0.5) is 4.79 Å². The first-order valence-corrected chi connectivity index (χ1v) is 5.59. The summed E-state index contributed by atoms with van der Waals surface area (Å²) >= 11 is 0. The minimum atomic E-state index is -0.833. The van der Waals surface area contributed by atoms with Crippen molar-refractivity contribution in [1.82, 2.24) is 0 Å². The summed E-state index contributed by atoms with van der Waals surface area (Å²) in [5.74, 6) is 0. The van der Waals surface area contributed by atoms with Crippen LogP contribution in [0.2, 0.25) is 0 Å². The van der Waals surface area contributed by atoms with Gasteiger partial charge in [0.15, 0.2) is 0 Å². The summed E-state index contributed by atoms with van der Waals surface area (Å²) in [6.45, 7) is 0. The minimum absolute atomic E-state index is 0.833. The summed E-state index contributed by atoms with van der Waals surface area (Å²) in [5, 5.41) is 5.25. The largest absolute Gasteiger partial charge is 0.352 e. The van der Waals surface area contributed by atoms with Crippen LogP contribution in [0.15, 0.2) is 60.7 Å². The Hall–Kier alpha value is -2.55. The van der Waals surface area contributed by atoms with Gasteiger partial charge in [-0.1, -0.05) is 48.5 Å². The first-order chi connectivity index (χ1) is 8.66. The van der Waals surface area contributed by atoms with Crippen LogP contribution in [0.1, 0.15) is 0 Å². The number of fused-ring (bicyclic) bond motifs is 2. The molecule has 4 N–H and O–H groups in total. The van der Waals surface area contributed by atoms with Gasteiger partial charge in [0.1, 0.15) is 0 Å². The van der Waals surface area contributed by atoms with Gasteiger partial charge in [-0.3, -0.25) is 0 Å². The Morgan fingerprint density at radius 3 is 1.11 bits per heavy atom. The molecule has 0 aliphatic rings.